The number of nitrogens with one attached hydrogen (secondary N) is 2. The van der Waals surface area contributed by atoms with Crippen LogP contribution in [0, 0.1) is 0 Å². The maximum atomic E-state index is 11.8. The van der Waals surface area contributed by atoms with Crippen molar-refractivity contribution in [1.29, 1.82) is 0 Å². The topological polar surface area (TPSA) is 61.4 Å². The Morgan fingerprint density at radius 3 is 2.53 bits per heavy atom. The number of nitrogens with zero attached hydrogens (tertiary/aromatic N) is 1. The summed E-state index contributed by atoms with van der Waals surface area (Å²) in [5.41, 5.74) is 0. The van der Waals surface area contributed by atoms with Crippen molar-refractivity contribution >= 4 is 11.8 Å². The van der Waals surface area contributed by atoms with E-state index in [2.05, 4.69) is 17.6 Å². The predicted octanol–water partition coefficient (Wildman–Crippen LogP) is 0.892. The minimum Gasteiger partial charge on any atom is -0.353 e. The molecular weight excluding hydrogens is 242 g/mol. The van der Waals surface area contributed by atoms with Crippen molar-refractivity contribution in [3.8, 4) is 0 Å². The predicted molar refractivity (Wildman–Crippen MR) is 75.8 cm³/mol. The Bertz CT molecular complexity index is 303. The van der Waals surface area contributed by atoms with Crippen LogP contribution in [0.2, 0.25) is 0 Å². The highest BCUT2D eigenvalue weighted by Gasteiger charge is 2.20. The van der Waals surface area contributed by atoms with Gasteiger partial charge in [0.2, 0.25) is 11.8 Å². The molecule has 2 atom stereocenters. The van der Waals surface area contributed by atoms with Crippen LogP contribution in [0.1, 0.15) is 46.5 Å². The van der Waals surface area contributed by atoms with Gasteiger partial charge in [-0.05, 0) is 40.2 Å². The molecule has 1 aliphatic rings. The Kier molecular flexibility index (Phi) is 6.84. The first-order chi connectivity index (χ1) is 9.06. The second-order valence-corrected chi connectivity index (χ2v) is 5.21. The van der Waals surface area contributed by atoms with E-state index in [1.807, 2.05) is 13.8 Å². The molecule has 2 N–H and O–H groups in total. The Labute approximate surface area is 116 Å². The molecule has 0 aliphatic carbocycles. The zero-order chi connectivity index (χ0) is 14.3. The van der Waals surface area contributed by atoms with Crippen molar-refractivity contribution < 1.29 is 9.59 Å². The van der Waals surface area contributed by atoms with E-state index < -0.39 is 0 Å². The maximum Gasteiger partial charge on any atom is 0.223 e. The van der Waals surface area contributed by atoms with Gasteiger partial charge in [-0.15, -0.1) is 0 Å². The molecule has 0 spiro atoms. The highest BCUT2D eigenvalue weighted by atomic mass is 16.2. The number of carbonyl (C=O) groups excluding carboxylic acids is 2. The molecule has 0 aromatic carbocycles. The molecule has 1 heterocycles. The van der Waals surface area contributed by atoms with Crippen LogP contribution >= 0.6 is 0 Å². The van der Waals surface area contributed by atoms with Gasteiger partial charge in [-0.2, -0.15) is 0 Å². The molecule has 5 heteroatoms. The third-order valence-corrected chi connectivity index (χ3v) is 3.67. The molecule has 0 aromatic heterocycles. The molecule has 0 saturated carbocycles. The second kappa shape index (κ2) is 8.15. The number of amides is 2. The lowest BCUT2D eigenvalue weighted by atomic mass is 10.0. The van der Waals surface area contributed by atoms with Crippen LogP contribution in [0.4, 0.5) is 0 Å². The lowest BCUT2D eigenvalue weighted by Gasteiger charge is -2.28. The molecule has 110 valence electrons. The molecule has 0 aromatic rings. The van der Waals surface area contributed by atoms with Crippen molar-refractivity contribution in [1.82, 2.24) is 15.5 Å². The summed E-state index contributed by atoms with van der Waals surface area (Å²) in [5, 5.41) is 6.38. The van der Waals surface area contributed by atoms with Gasteiger partial charge < -0.3 is 15.5 Å². The minimum absolute atomic E-state index is 0.000365. The summed E-state index contributed by atoms with van der Waals surface area (Å²) in [5.74, 6) is 0.0680. The van der Waals surface area contributed by atoms with Crippen molar-refractivity contribution in [3.05, 3.63) is 0 Å². The van der Waals surface area contributed by atoms with E-state index in [1.165, 1.54) is 0 Å². The Balaban J connectivity index is 2.25. The van der Waals surface area contributed by atoms with Crippen molar-refractivity contribution in [3.63, 3.8) is 0 Å². The van der Waals surface area contributed by atoms with Crippen LogP contribution in [-0.2, 0) is 9.59 Å². The lowest BCUT2D eigenvalue weighted by Crippen LogP contribution is -2.46. The number of hydrogen-bond donors (Lipinski definition) is 2. The molecular formula is C14H27N3O2. The highest BCUT2D eigenvalue weighted by Crippen LogP contribution is 2.08. The highest BCUT2D eigenvalue weighted by molar-refractivity contribution is 5.83. The fourth-order valence-corrected chi connectivity index (χ4v) is 2.52. The summed E-state index contributed by atoms with van der Waals surface area (Å²) < 4.78 is 0. The van der Waals surface area contributed by atoms with Gasteiger partial charge in [0.05, 0.1) is 0 Å². The number of rotatable bonds is 6. The first-order valence-electron chi connectivity index (χ1n) is 7.37. The average Bonchev–Trinajstić information content (AvgIpc) is 2.38. The van der Waals surface area contributed by atoms with Gasteiger partial charge in [-0.3, -0.25) is 9.59 Å². The van der Waals surface area contributed by atoms with Crippen molar-refractivity contribution in [2.75, 3.05) is 19.6 Å². The second-order valence-electron chi connectivity index (χ2n) is 5.21. The van der Waals surface area contributed by atoms with Crippen LogP contribution in [0.5, 0.6) is 0 Å². The Hall–Kier alpha value is -1.10. The molecule has 1 saturated heterocycles. The summed E-state index contributed by atoms with van der Waals surface area (Å²) in [4.78, 5) is 25.4. The SMILES string of the molecule is CCN(CC)C(=O)CCC(=O)NC1CCNC(C)C1. The normalized spacial score (nSPS) is 22.9. The third-order valence-electron chi connectivity index (χ3n) is 3.67. The minimum atomic E-state index is -0.000365. The molecule has 0 radical (unpaired) electrons. The van der Waals surface area contributed by atoms with Gasteiger partial charge in [-0.25, -0.2) is 0 Å². The van der Waals surface area contributed by atoms with Gasteiger partial charge in [0, 0.05) is 38.0 Å². The molecule has 1 aliphatic heterocycles. The zero-order valence-electron chi connectivity index (χ0n) is 12.4. The van der Waals surface area contributed by atoms with E-state index in [1.54, 1.807) is 4.90 Å². The number of hydrogen-bond acceptors (Lipinski definition) is 3. The van der Waals surface area contributed by atoms with Crippen molar-refractivity contribution in [2.24, 2.45) is 0 Å². The van der Waals surface area contributed by atoms with Crippen LogP contribution in [0.3, 0.4) is 0 Å². The molecule has 2 unspecified atom stereocenters. The van der Waals surface area contributed by atoms with Crippen molar-refractivity contribution in [2.45, 2.75) is 58.5 Å². The largest absolute Gasteiger partial charge is 0.353 e. The van der Waals surface area contributed by atoms with Crippen LogP contribution < -0.4 is 10.6 Å². The Morgan fingerprint density at radius 1 is 1.26 bits per heavy atom. The molecule has 0 bridgehead atoms. The van der Waals surface area contributed by atoms with Gasteiger partial charge in [0.1, 0.15) is 0 Å². The standard InChI is InChI=1S/C14H27N3O2/c1-4-17(5-2)14(19)7-6-13(18)16-12-8-9-15-11(3)10-12/h11-12,15H,4-10H2,1-3H3,(H,16,18). The molecule has 1 fully saturated rings. The molecule has 2 amide bonds. The monoisotopic (exact) mass is 269 g/mol. The summed E-state index contributed by atoms with van der Waals surface area (Å²) in [6, 6.07) is 0.712. The fourth-order valence-electron chi connectivity index (χ4n) is 2.52. The van der Waals surface area contributed by atoms with E-state index in [4.69, 9.17) is 0 Å². The van der Waals surface area contributed by atoms with Gasteiger partial charge in [0.15, 0.2) is 0 Å². The number of piperidine rings is 1. The lowest BCUT2D eigenvalue weighted by molar-refractivity contribution is -0.133. The van der Waals surface area contributed by atoms with Gasteiger partial charge in [-0.1, -0.05) is 0 Å². The summed E-state index contributed by atoms with van der Waals surface area (Å²) >= 11 is 0. The Morgan fingerprint density at radius 2 is 1.95 bits per heavy atom. The van der Waals surface area contributed by atoms with Crippen LogP contribution in [0.25, 0.3) is 0 Å². The molecule has 5 nitrogen and oxygen atoms in total. The molecule has 19 heavy (non-hydrogen) atoms. The average molecular weight is 269 g/mol. The van der Waals surface area contributed by atoms with Crippen LogP contribution in [0.15, 0.2) is 0 Å². The van der Waals surface area contributed by atoms with E-state index in [-0.39, 0.29) is 17.9 Å². The van der Waals surface area contributed by atoms with E-state index in [9.17, 15) is 9.59 Å². The fraction of sp³-hybridized carbons (Fsp3) is 0.857. The van der Waals surface area contributed by atoms with Gasteiger partial charge >= 0.3 is 0 Å². The summed E-state index contributed by atoms with van der Waals surface area (Å²) in [6.45, 7) is 8.41. The zero-order valence-corrected chi connectivity index (χ0v) is 12.4. The summed E-state index contributed by atoms with van der Waals surface area (Å²) in [7, 11) is 0. The third kappa shape index (κ3) is 5.59. The maximum absolute atomic E-state index is 11.8. The van der Waals surface area contributed by atoms with E-state index in [0.717, 1.165) is 19.4 Å². The van der Waals surface area contributed by atoms with E-state index in [0.29, 0.717) is 32.0 Å². The van der Waals surface area contributed by atoms with Crippen LogP contribution in [-0.4, -0.2) is 48.4 Å². The smallest absolute Gasteiger partial charge is 0.223 e. The quantitative estimate of drug-likeness (QED) is 0.753. The number of carbonyl (C=O) groups is 2. The molecule has 1 rings (SSSR count). The summed E-state index contributed by atoms with van der Waals surface area (Å²) in [6.07, 6.45) is 2.55. The first-order valence-corrected chi connectivity index (χ1v) is 7.37. The first kappa shape index (κ1) is 16.0. The van der Waals surface area contributed by atoms with E-state index >= 15 is 0 Å². The van der Waals surface area contributed by atoms with Gasteiger partial charge in [0.25, 0.3) is 0 Å².